The average Bonchev–Trinajstić information content (AvgIpc) is 2.65. The van der Waals surface area contributed by atoms with Gasteiger partial charge in [-0.2, -0.15) is 0 Å². The lowest BCUT2D eigenvalue weighted by molar-refractivity contribution is -0.145. The number of benzene rings is 1. The van der Waals surface area contributed by atoms with Crippen molar-refractivity contribution in [3.8, 4) is 5.75 Å². The Hall–Kier alpha value is -3.03. The predicted octanol–water partition coefficient (Wildman–Crippen LogP) is 2.13. The molecule has 0 saturated heterocycles. The molecule has 1 aliphatic heterocycles. The molecule has 2 N–H and O–H groups in total. The topological polar surface area (TPSA) is 103 Å². The number of hydrogen-bond donors (Lipinski definition) is 2. The van der Waals surface area contributed by atoms with Gasteiger partial charge < -0.3 is 24.8 Å². The van der Waals surface area contributed by atoms with E-state index in [1.165, 1.54) is 0 Å². The van der Waals surface area contributed by atoms with E-state index in [9.17, 15) is 14.4 Å². The minimum absolute atomic E-state index is 0.198. The zero-order valence-electron chi connectivity index (χ0n) is 16.6. The summed E-state index contributed by atoms with van der Waals surface area (Å²) in [4.78, 5) is 36.1. The Balaban J connectivity index is 2.03. The maximum absolute atomic E-state index is 12.3. The van der Waals surface area contributed by atoms with Gasteiger partial charge in [0.2, 0.25) is 0 Å². The number of nitrogens with one attached hydrogen (secondary N) is 2. The van der Waals surface area contributed by atoms with Crippen molar-refractivity contribution in [2.75, 3.05) is 19.8 Å². The Labute approximate surface area is 164 Å². The fourth-order valence-electron chi connectivity index (χ4n) is 2.87. The molecule has 1 heterocycles. The van der Waals surface area contributed by atoms with Crippen molar-refractivity contribution in [1.29, 1.82) is 0 Å². The molecule has 2 rings (SSSR count). The van der Waals surface area contributed by atoms with Crippen LogP contribution in [0.3, 0.4) is 0 Å². The molecule has 0 aliphatic carbocycles. The van der Waals surface area contributed by atoms with Gasteiger partial charge in [-0.05, 0) is 38.8 Å². The van der Waals surface area contributed by atoms with Gasteiger partial charge in [0, 0.05) is 0 Å². The largest absolute Gasteiger partial charge is 0.482 e. The van der Waals surface area contributed by atoms with Crippen LogP contribution in [0.2, 0.25) is 0 Å². The van der Waals surface area contributed by atoms with E-state index in [1.807, 2.05) is 32.9 Å². The summed E-state index contributed by atoms with van der Waals surface area (Å²) in [5.41, 5.74) is 2.48. The van der Waals surface area contributed by atoms with Gasteiger partial charge in [0.1, 0.15) is 12.4 Å². The van der Waals surface area contributed by atoms with Crippen molar-refractivity contribution in [1.82, 2.24) is 10.6 Å². The van der Waals surface area contributed by atoms with Gasteiger partial charge in [0.25, 0.3) is 0 Å². The van der Waals surface area contributed by atoms with E-state index in [-0.39, 0.29) is 31.1 Å². The molecule has 0 radical (unpaired) electrons. The monoisotopic (exact) mass is 390 g/mol. The third-order valence-electron chi connectivity index (χ3n) is 4.20. The second kappa shape index (κ2) is 9.77. The number of urea groups is 1. The van der Waals surface area contributed by atoms with Crippen LogP contribution in [0, 0.1) is 13.8 Å². The van der Waals surface area contributed by atoms with Crippen LogP contribution >= 0.6 is 0 Å². The highest BCUT2D eigenvalue weighted by Gasteiger charge is 2.32. The quantitative estimate of drug-likeness (QED) is 0.659. The van der Waals surface area contributed by atoms with E-state index in [4.69, 9.17) is 14.2 Å². The van der Waals surface area contributed by atoms with Crippen LogP contribution in [0.15, 0.2) is 29.5 Å². The molecule has 8 heteroatoms. The van der Waals surface area contributed by atoms with Crippen LogP contribution in [0.4, 0.5) is 4.79 Å². The van der Waals surface area contributed by atoms with Crippen molar-refractivity contribution in [3.63, 3.8) is 0 Å². The fraction of sp³-hybridized carbons (Fsp3) is 0.450. The van der Waals surface area contributed by atoms with E-state index in [2.05, 4.69) is 10.6 Å². The molecule has 0 spiro atoms. The molecule has 8 nitrogen and oxygen atoms in total. The van der Waals surface area contributed by atoms with Crippen LogP contribution in [-0.2, 0) is 19.1 Å². The number of ether oxygens (including phenoxy) is 3. The molecule has 0 bridgehead atoms. The summed E-state index contributed by atoms with van der Waals surface area (Å²) < 4.78 is 15.7. The number of aryl methyl sites for hydroxylation is 2. The van der Waals surface area contributed by atoms with Crippen LogP contribution in [0.25, 0.3) is 0 Å². The fourth-order valence-corrected chi connectivity index (χ4v) is 2.87. The summed E-state index contributed by atoms with van der Waals surface area (Å²) in [6.45, 7) is 7.04. The minimum Gasteiger partial charge on any atom is -0.482 e. The van der Waals surface area contributed by atoms with Crippen molar-refractivity contribution in [3.05, 3.63) is 40.6 Å². The average molecular weight is 390 g/mol. The number of carbonyl (C=O) groups excluding carboxylic acids is 3. The van der Waals surface area contributed by atoms with Gasteiger partial charge in [-0.25, -0.2) is 14.4 Å². The van der Waals surface area contributed by atoms with Crippen LogP contribution < -0.4 is 15.4 Å². The van der Waals surface area contributed by atoms with E-state index in [0.29, 0.717) is 12.2 Å². The first-order valence-electron chi connectivity index (χ1n) is 9.19. The summed E-state index contributed by atoms with van der Waals surface area (Å²) in [6.07, 6.45) is 0.495. The summed E-state index contributed by atoms with van der Waals surface area (Å²) in [6, 6.07) is 4.66. The lowest BCUT2D eigenvalue weighted by Crippen LogP contribution is -2.51. The molecule has 1 atom stereocenters. The van der Waals surface area contributed by atoms with Gasteiger partial charge in [-0.1, -0.05) is 24.6 Å². The van der Waals surface area contributed by atoms with E-state index >= 15 is 0 Å². The molecule has 0 saturated carbocycles. The first kappa shape index (κ1) is 21.3. The molecule has 152 valence electrons. The van der Waals surface area contributed by atoms with Gasteiger partial charge in [0.15, 0.2) is 6.61 Å². The lowest BCUT2D eigenvalue weighted by atomic mass is 10.0. The maximum atomic E-state index is 12.3. The summed E-state index contributed by atoms with van der Waals surface area (Å²) in [5.74, 6) is -0.578. The zero-order chi connectivity index (χ0) is 20.7. The van der Waals surface area contributed by atoms with Gasteiger partial charge in [-0.15, -0.1) is 0 Å². The molecular formula is C20H26N2O6. The second-order valence-electron chi connectivity index (χ2n) is 6.39. The summed E-state index contributed by atoms with van der Waals surface area (Å²) >= 11 is 0. The minimum atomic E-state index is -0.614. The first-order valence-corrected chi connectivity index (χ1v) is 9.19. The number of rotatable bonds is 8. The van der Waals surface area contributed by atoms with Crippen molar-refractivity contribution >= 4 is 18.0 Å². The Kier molecular flexibility index (Phi) is 7.43. The Bertz CT molecular complexity index is 787. The second-order valence-corrected chi connectivity index (χ2v) is 6.39. The van der Waals surface area contributed by atoms with Crippen LogP contribution in [0.5, 0.6) is 5.75 Å². The third-order valence-corrected chi connectivity index (χ3v) is 4.20. The molecule has 28 heavy (non-hydrogen) atoms. The van der Waals surface area contributed by atoms with Gasteiger partial charge in [-0.3, -0.25) is 0 Å². The molecule has 1 aromatic rings. The molecule has 0 unspecified atom stereocenters. The third kappa shape index (κ3) is 5.48. The highest BCUT2D eigenvalue weighted by Crippen LogP contribution is 2.19. The van der Waals surface area contributed by atoms with Crippen molar-refractivity contribution in [2.45, 2.75) is 40.2 Å². The van der Waals surface area contributed by atoms with Crippen molar-refractivity contribution in [2.24, 2.45) is 0 Å². The maximum Gasteiger partial charge on any atom is 0.344 e. The molecule has 1 aliphatic rings. The highest BCUT2D eigenvalue weighted by atomic mass is 16.6. The Morgan fingerprint density at radius 3 is 2.54 bits per heavy atom. The van der Waals surface area contributed by atoms with E-state index in [0.717, 1.165) is 11.1 Å². The van der Waals surface area contributed by atoms with Crippen LogP contribution in [0.1, 0.15) is 31.4 Å². The number of hydrogen-bond acceptors (Lipinski definition) is 6. The predicted molar refractivity (Wildman–Crippen MR) is 102 cm³/mol. The molecular weight excluding hydrogens is 364 g/mol. The zero-order valence-corrected chi connectivity index (χ0v) is 16.6. The Morgan fingerprint density at radius 1 is 1.14 bits per heavy atom. The molecule has 0 aromatic heterocycles. The van der Waals surface area contributed by atoms with Crippen molar-refractivity contribution < 1.29 is 28.6 Å². The summed E-state index contributed by atoms with van der Waals surface area (Å²) in [5, 5.41) is 5.18. The van der Waals surface area contributed by atoms with E-state index < -0.39 is 24.0 Å². The van der Waals surface area contributed by atoms with E-state index in [1.54, 1.807) is 13.0 Å². The standard InChI is InChI=1S/C20H26N2O6/c1-5-14-18(19(24)26-6-2)15(22-20(25)21-14)10-28-17(23)11-27-16-8-7-12(3)9-13(16)4/h7-9,14H,5-6,10-11H2,1-4H3,(H2,21,22,25)/t14-/m0/s1. The Morgan fingerprint density at radius 2 is 1.89 bits per heavy atom. The molecule has 2 amide bonds. The normalized spacial score (nSPS) is 16.1. The summed E-state index contributed by atoms with van der Waals surface area (Å²) in [7, 11) is 0. The first-order chi connectivity index (χ1) is 13.3. The SMILES string of the molecule is CCOC(=O)C1=C(COC(=O)COc2ccc(C)cc2C)NC(=O)N[C@H]1CC. The lowest BCUT2D eigenvalue weighted by Gasteiger charge is -2.28. The van der Waals surface area contributed by atoms with Gasteiger partial charge >= 0.3 is 18.0 Å². The number of esters is 2. The highest BCUT2D eigenvalue weighted by molar-refractivity contribution is 5.94. The number of carbonyl (C=O) groups is 3. The smallest absolute Gasteiger partial charge is 0.344 e. The van der Waals surface area contributed by atoms with Crippen LogP contribution in [-0.4, -0.2) is 43.8 Å². The molecule has 0 fully saturated rings. The molecule has 1 aromatic carbocycles. The number of amides is 2. The van der Waals surface area contributed by atoms with Gasteiger partial charge in [0.05, 0.1) is 23.9 Å².